The molecule has 8 heteroatoms. The molecule has 0 aliphatic carbocycles. The Labute approximate surface area is 116 Å². The summed E-state index contributed by atoms with van der Waals surface area (Å²) >= 11 is 0. The van der Waals surface area contributed by atoms with Gasteiger partial charge in [-0.25, -0.2) is 13.4 Å². The van der Waals surface area contributed by atoms with Crippen LogP contribution in [-0.4, -0.2) is 47.6 Å². The van der Waals surface area contributed by atoms with Crippen molar-refractivity contribution < 1.29 is 13.2 Å². The van der Waals surface area contributed by atoms with E-state index in [1.54, 1.807) is 11.1 Å². The van der Waals surface area contributed by atoms with Crippen molar-refractivity contribution in [1.29, 1.82) is 0 Å². The number of amides is 1. The molecule has 0 N–H and O–H groups in total. The summed E-state index contributed by atoms with van der Waals surface area (Å²) in [7, 11) is 1.68. The van der Waals surface area contributed by atoms with Crippen molar-refractivity contribution in [3.05, 3.63) is 18.2 Å². The van der Waals surface area contributed by atoms with Crippen molar-refractivity contribution in [3.8, 4) is 0 Å². The molecule has 1 saturated heterocycles. The minimum atomic E-state index is -3.54. The van der Waals surface area contributed by atoms with Gasteiger partial charge in [-0.1, -0.05) is 0 Å². The van der Waals surface area contributed by atoms with E-state index in [-0.39, 0.29) is 24.0 Å². The van der Waals surface area contributed by atoms with Crippen LogP contribution in [0.1, 0.15) is 12.2 Å². The number of likely N-dealkylation sites (tertiary alicyclic amines) is 1. The van der Waals surface area contributed by atoms with Crippen molar-refractivity contribution in [2.45, 2.75) is 19.9 Å². The predicted molar refractivity (Wildman–Crippen MR) is 71.3 cm³/mol. The van der Waals surface area contributed by atoms with Crippen molar-refractivity contribution >= 4 is 25.6 Å². The van der Waals surface area contributed by atoms with Crippen molar-refractivity contribution in [3.63, 3.8) is 0 Å². The smallest absolute Gasteiger partial charge is 0.232 e. The molecule has 1 atom stereocenters. The van der Waals surface area contributed by atoms with Gasteiger partial charge in [0.25, 0.3) is 0 Å². The average molecular weight is 306 g/mol. The molecule has 1 fully saturated rings. The third-order valence-electron chi connectivity index (χ3n) is 3.26. The minimum absolute atomic E-state index is 0.0110. The standard InChI is InChI=1S/C11H16ClN3O3S/c1-9-13-2-3-14(9)4-5-15-7-10(6-11(15)16)8-19(12,17)18/h2-3,10H,4-8H2,1H3. The Hall–Kier alpha value is -1.08. The monoisotopic (exact) mass is 305 g/mol. The summed E-state index contributed by atoms with van der Waals surface area (Å²) in [5.74, 6) is 0.550. The number of rotatable bonds is 5. The molecule has 2 heterocycles. The van der Waals surface area contributed by atoms with Crippen molar-refractivity contribution in [2.75, 3.05) is 18.8 Å². The first-order chi connectivity index (χ1) is 8.85. The molecule has 1 aromatic rings. The average Bonchev–Trinajstić information content (AvgIpc) is 2.80. The van der Waals surface area contributed by atoms with Gasteiger partial charge < -0.3 is 9.47 Å². The lowest BCUT2D eigenvalue weighted by Gasteiger charge is -2.17. The number of hydrogen-bond acceptors (Lipinski definition) is 4. The van der Waals surface area contributed by atoms with Crippen LogP contribution >= 0.6 is 10.7 Å². The second kappa shape index (κ2) is 5.50. The first-order valence-electron chi connectivity index (χ1n) is 6.03. The van der Waals surface area contributed by atoms with Crippen LogP contribution in [0.3, 0.4) is 0 Å². The van der Waals surface area contributed by atoms with Gasteiger partial charge in [-0.3, -0.25) is 4.79 Å². The van der Waals surface area contributed by atoms with Gasteiger partial charge in [0.1, 0.15) is 5.82 Å². The number of carbonyl (C=O) groups excluding carboxylic acids is 1. The third kappa shape index (κ3) is 3.94. The van der Waals surface area contributed by atoms with E-state index in [1.807, 2.05) is 17.7 Å². The highest BCUT2D eigenvalue weighted by Gasteiger charge is 2.31. The first kappa shape index (κ1) is 14.3. The maximum Gasteiger partial charge on any atom is 0.232 e. The minimum Gasteiger partial charge on any atom is -0.341 e. The number of hydrogen-bond donors (Lipinski definition) is 0. The molecular formula is C11H16ClN3O3S. The van der Waals surface area contributed by atoms with E-state index in [2.05, 4.69) is 4.98 Å². The molecule has 1 aromatic heterocycles. The number of nitrogens with zero attached hydrogens (tertiary/aromatic N) is 3. The summed E-state index contributed by atoms with van der Waals surface area (Å²) in [4.78, 5) is 17.6. The van der Waals surface area contributed by atoms with E-state index >= 15 is 0 Å². The summed E-state index contributed by atoms with van der Waals surface area (Å²) in [5.41, 5.74) is 0. The Kier molecular flexibility index (Phi) is 4.15. The zero-order chi connectivity index (χ0) is 14.0. The first-order valence-corrected chi connectivity index (χ1v) is 8.51. The highest BCUT2D eigenvalue weighted by Crippen LogP contribution is 2.20. The zero-order valence-corrected chi connectivity index (χ0v) is 12.2. The maximum absolute atomic E-state index is 11.8. The molecule has 0 bridgehead atoms. The molecule has 0 radical (unpaired) electrons. The Bertz CT molecular complexity index is 569. The van der Waals surface area contributed by atoms with E-state index in [1.165, 1.54) is 0 Å². The molecule has 106 valence electrons. The van der Waals surface area contributed by atoms with Gasteiger partial charge in [0, 0.05) is 55.0 Å². The lowest BCUT2D eigenvalue weighted by Crippen LogP contribution is -2.29. The van der Waals surface area contributed by atoms with Gasteiger partial charge in [0.15, 0.2) is 0 Å². The Balaban J connectivity index is 1.89. The number of halogens is 1. The fourth-order valence-electron chi connectivity index (χ4n) is 2.33. The molecule has 1 unspecified atom stereocenters. The van der Waals surface area contributed by atoms with Crippen molar-refractivity contribution in [1.82, 2.24) is 14.5 Å². The molecule has 0 spiro atoms. The normalized spacial score (nSPS) is 20.2. The van der Waals surface area contributed by atoms with E-state index in [0.717, 1.165) is 5.82 Å². The number of carbonyl (C=O) groups is 1. The lowest BCUT2D eigenvalue weighted by molar-refractivity contribution is -0.127. The van der Waals surface area contributed by atoms with Gasteiger partial charge in [0.2, 0.25) is 15.0 Å². The van der Waals surface area contributed by atoms with Crippen LogP contribution in [0.25, 0.3) is 0 Å². The van der Waals surface area contributed by atoms with Gasteiger partial charge >= 0.3 is 0 Å². The van der Waals surface area contributed by atoms with E-state index < -0.39 is 9.05 Å². The van der Waals surface area contributed by atoms with Crippen LogP contribution in [-0.2, 0) is 20.4 Å². The number of aromatic nitrogens is 2. The zero-order valence-electron chi connectivity index (χ0n) is 10.6. The van der Waals surface area contributed by atoms with Crippen LogP contribution in [0.2, 0.25) is 0 Å². The molecule has 6 nitrogen and oxygen atoms in total. The second-order valence-electron chi connectivity index (χ2n) is 4.78. The Morgan fingerprint density at radius 1 is 1.47 bits per heavy atom. The molecule has 19 heavy (non-hydrogen) atoms. The molecule has 2 rings (SSSR count). The van der Waals surface area contributed by atoms with Crippen LogP contribution in [0.4, 0.5) is 0 Å². The molecular weight excluding hydrogens is 290 g/mol. The van der Waals surface area contributed by atoms with Crippen LogP contribution in [0.15, 0.2) is 12.4 Å². The summed E-state index contributed by atoms with van der Waals surface area (Å²) in [6, 6.07) is 0. The second-order valence-corrected chi connectivity index (χ2v) is 7.60. The topological polar surface area (TPSA) is 72.3 Å². The van der Waals surface area contributed by atoms with E-state index in [0.29, 0.717) is 19.6 Å². The van der Waals surface area contributed by atoms with Crippen molar-refractivity contribution in [2.24, 2.45) is 5.92 Å². The molecule has 1 amide bonds. The van der Waals surface area contributed by atoms with Gasteiger partial charge in [-0.2, -0.15) is 0 Å². The number of imidazole rings is 1. The quantitative estimate of drug-likeness (QED) is 0.747. The number of aryl methyl sites for hydroxylation is 1. The largest absolute Gasteiger partial charge is 0.341 e. The van der Waals surface area contributed by atoms with E-state index in [4.69, 9.17) is 10.7 Å². The predicted octanol–water partition coefficient (Wildman–Crippen LogP) is 0.609. The summed E-state index contributed by atoms with van der Waals surface area (Å²) in [5, 5.41) is 0. The summed E-state index contributed by atoms with van der Waals surface area (Å²) < 4.78 is 24.0. The van der Waals surface area contributed by atoms with Crippen LogP contribution in [0.5, 0.6) is 0 Å². The maximum atomic E-state index is 11.8. The molecule has 0 aromatic carbocycles. The Morgan fingerprint density at radius 3 is 2.79 bits per heavy atom. The molecule has 1 aliphatic heterocycles. The molecule has 1 aliphatic rings. The van der Waals surface area contributed by atoms with Gasteiger partial charge in [-0.15, -0.1) is 0 Å². The Morgan fingerprint density at radius 2 is 2.21 bits per heavy atom. The fourth-order valence-corrected chi connectivity index (χ4v) is 3.65. The lowest BCUT2D eigenvalue weighted by atomic mass is 10.1. The fraction of sp³-hybridized carbons (Fsp3) is 0.636. The van der Waals surface area contributed by atoms with Gasteiger partial charge in [-0.05, 0) is 6.92 Å². The highest BCUT2D eigenvalue weighted by atomic mass is 35.7. The summed E-state index contributed by atoms with van der Waals surface area (Å²) in [6.45, 7) is 3.58. The molecule has 0 saturated carbocycles. The van der Waals surface area contributed by atoms with Crippen LogP contribution < -0.4 is 0 Å². The van der Waals surface area contributed by atoms with Gasteiger partial charge in [0.05, 0.1) is 5.75 Å². The van der Waals surface area contributed by atoms with Crippen LogP contribution in [0, 0.1) is 12.8 Å². The summed E-state index contributed by atoms with van der Waals surface area (Å²) in [6.07, 6.45) is 3.83. The highest BCUT2D eigenvalue weighted by molar-refractivity contribution is 8.13. The van der Waals surface area contributed by atoms with E-state index in [9.17, 15) is 13.2 Å². The third-order valence-corrected chi connectivity index (χ3v) is 4.51. The SMILES string of the molecule is Cc1nccn1CCN1CC(CS(=O)(=O)Cl)CC1=O.